The molecule has 196 valence electrons. The van der Waals surface area contributed by atoms with E-state index in [0.717, 1.165) is 66.3 Å². The van der Waals surface area contributed by atoms with E-state index in [2.05, 4.69) is 30.5 Å². The van der Waals surface area contributed by atoms with Gasteiger partial charge in [-0.05, 0) is 60.4 Å². The average Bonchev–Trinajstić information content (AvgIpc) is 3.41. The lowest BCUT2D eigenvalue weighted by molar-refractivity contribution is 0.0729. The predicted octanol–water partition coefficient (Wildman–Crippen LogP) is 4.42. The summed E-state index contributed by atoms with van der Waals surface area (Å²) in [5.41, 5.74) is 4.86. The largest absolute Gasteiger partial charge is 0.490 e. The van der Waals surface area contributed by atoms with Gasteiger partial charge >= 0.3 is 0 Å². The highest BCUT2D eigenvalue weighted by Gasteiger charge is 2.29. The predicted molar refractivity (Wildman–Crippen MR) is 148 cm³/mol. The molecule has 4 aromatic rings. The van der Waals surface area contributed by atoms with Crippen molar-refractivity contribution in [1.29, 1.82) is 5.26 Å². The standard InChI is InChI=1S/C29H27N7O2S/c1-19-14-25(29(37)36-13-9-26-24(18-36)27(34-39-26)21-5-3-10-31-17-21)32-33-28(19)35-11-7-22(8-12-35)38-23-6-2-4-20(15-23)16-30/h2-6,10,14-15,17,22H,7-9,11-13,18H2,1H3. The third-order valence-electron chi connectivity index (χ3n) is 7.23. The zero-order valence-electron chi connectivity index (χ0n) is 21.6. The normalized spacial score (nSPS) is 15.5. The molecule has 2 aliphatic heterocycles. The summed E-state index contributed by atoms with van der Waals surface area (Å²) in [6.45, 7) is 4.68. The molecule has 0 atom stereocenters. The average molecular weight is 538 g/mol. The number of anilines is 1. The van der Waals surface area contributed by atoms with E-state index in [9.17, 15) is 4.79 Å². The Morgan fingerprint density at radius 2 is 2.00 bits per heavy atom. The monoisotopic (exact) mass is 537 g/mol. The van der Waals surface area contributed by atoms with Crippen LogP contribution >= 0.6 is 11.5 Å². The minimum atomic E-state index is -0.113. The number of hydrogen-bond acceptors (Lipinski definition) is 9. The van der Waals surface area contributed by atoms with Crippen LogP contribution in [0.15, 0.2) is 54.9 Å². The van der Waals surface area contributed by atoms with E-state index in [-0.39, 0.29) is 12.0 Å². The van der Waals surface area contributed by atoms with E-state index in [1.54, 1.807) is 18.3 Å². The number of benzene rings is 1. The number of nitriles is 1. The van der Waals surface area contributed by atoms with Crippen LogP contribution in [0.25, 0.3) is 11.3 Å². The summed E-state index contributed by atoms with van der Waals surface area (Å²) in [4.78, 5) is 22.9. The van der Waals surface area contributed by atoms with Crippen LogP contribution in [0.5, 0.6) is 5.75 Å². The smallest absolute Gasteiger partial charge is 0.274 e. The molecule has 1 fully saturated rings. The summed E-state index contributed by atoms with van der Waals surface area (Å²) in [6, 6.07) is 15.2. The molecule has 9 nitrogen and oxygen atoms in total. The zero-order valence-corrected chi connectivity index (χ0v) is 22.4. The Labute approximate surface area is 230 Å². The van der Waals surface area contributed by atoms with Crippen molar-refractivity contribution in [3.8, 4) is 23.1 Å². The lowest BCUT2D eigenvalue weighted by atomic mass is 10.0. The number of pyridine rings is 1. The fourth-order valence-corrected chi connectivity index (χ4v) is 6.06. The second-order valence-electron chi connectivity index (χ2n) is 9.83. The topological polar surface area (TPSA) is 108 Å². The van der Waals surface area contributed by atoms with Gasteiger partial charge in [0.25, 0.3) is 5.91 Å². The highest BCUT2D eigenvalue weighted by Crippen LogP contribution is 2.33. The van der Waals surface area contributed by atoms with Crippen LogP contribution in [0.4, 0.5) is 5.82 Å². The summed E-state index contributed by atoms with van der Waals surface area (Å²) in [5.74, 6) is 1.41. The van der Waals surface area contributed by atoms with E-state index < -0.39 is 0 Å². The van der Waals surface area contributed by atoms with Crippen LogP contribution in [0.3, 0.4) is 0 Å². The molecule has 0 saturated carbocycles. The molecule has 0 aliphatic carbocycles. The van der Waals surface area contributed by atoms with E-state index in [1.165, 1.54) is 16.4 Å². The molecule has 1 amide bonds. The van der Waals surface area contributed by atoms with Crippen molar-refractivity contribution in [1.82, 2.24) is 24.5 Å². The van der Waals surface area contributed by atoms with E-state index in [1.807, 2.05) is 48.4 Å². The number of piperidine rings is 1. The first-order valence-corrected chi connectivity index (χ1v) is 13.8. The van der Waals surface area contributed by atoms with Gasteiger partial charge in [-0.3, -0.25) is 9.78 Å². The number of carbonyl (C=O) groups excluding carboxylic acids is 1. The maximum atomic E-state index is 13.4. The summed E-state index contributed by atoms with van der Waals surface area (Å²) in [5, 5.41) is 17.9. The van der Waals surface area contributed by atoms with E-state index in [0.29, 0.717) is 24.3 Å². The van der Waals surface area contributed by atoms with Crippen molar-refractivity contribution < 1.29 is 9.53 Å². The second-order valence-corrected chi connectivity index (χ2v) is 10.7. The first-order chi connectivity index (χ1) is 19.1. The maximum Gasteiger partial charge on any atom is 0.274 e. The number of carbonyl (C=O) groups is 1. The molecule has 3 aromatic heterocycles. The van der Waals surface area contributed by atoms with Crippen molar-refractivity contribution in [3.63, 3.8) is 0 Å². The summed E-state index contributed by atoms with van der Waals surface area (Å²) >= 11 is 1.51. The Balaban J connectivity index is 1.10. The molecule has 1 saturated heterocycles. The quantitative estimate of drug-likeness (QED) is 0.368. The molecule has 10 heteroatoms. The summed E-state index contributed by atoms with van der Waals surface area (Å²) in [6.07, 6.45) is 6.09. The minimum Gasteiger partial charge on any atom is -0.490 e. The van der Waals surface area contributed by atoms with Crippen LogP contribution in [0.1, 0.15) is 44.9 Å². The Morgan fingerprint density at radius 3 is 2.77 bits per heavy atom. The van der Waals surface area contributed by atoms with Gasteiger partial charge < -0.3 is 14.5 Å². The Bertz CT molecular complexity index is 1540. The molecular weight excluding hydrogens is 510 g/mol. The fourth-order valence-electron chi connectivity index (χ4n) is 5.19. The number of amides is 1. The van der Waals surface area contributed by atoms with Gasteiger partial charge in [0, 0.05) is 73.8 Å². The van der Waals surface area contributed by atoms with Crippen molar-refractivity contribution in [2.24, 2.45) is 0 Å². The van der Waals surface area contributed by atoms with Crippen molar-refractivity contribution >= 4 is 23.3 Å². The van der Waals surface area contributed by atoms with Crippen LogP contribution < -0.4 is 9.64 Å². The Kier molecular flexibility index (Phi) is 6.90. The molecule has 0 N–H and O–H groups in total. The van der Waals surface area contributed by atoms with Gasteiger partial charge in [0.2, 0.25) is 0 Å². The molecule has 1 aromatic carbocycles. The third-order valence-corrected chi connectivity index (χ3v) is 8.18. The molecule has 39 heavy (non-hydrogen) atoms. The second kappa shape index (κ2) is 10.8. The first kappa shape index (κ1) is 24.9. The van der Waals surface area contributed by atoms with Gasteiger partial charge in [-0.15, -0.1) is 10.2 Å². The lowest BCUT2D eigenvalue weighted by Crippen LogP contribution is -2.39. The molecule has 5 heterocycles. The summed E-state index contributed by atoms with van der Waals surface area (Å²) in [7, 11) is 0. The van der Waals surface area contributed by atoms with Gasteiger partial charge in [0.05, 0.1) is 17.3 Å². The number of nitrogens with zero attached hydrogens (tertiary/aromatic N) is 7. The van der Waals surface area contributed by atoms with E-state index >= 15 is 0 Å². The Hall–Kier alpha value is -4.36. The summed E-state index contributed by atoms with van der Waals surface area (Å²) < 4.78 is 10.8. The van der Waals surface area contributed by atoms with Gasteiger partial charge in [-0.25, -0.2) is 0 Å². The lowest BCUT2D eigenvalue weighted by Gasteiger charge is -2.33. The van der Waals surface area contributed by atoms with Gasteiger partial charge in [-0.1, -0.05) is 6.07 Å². The molecule has 6 rings (SSSR count). The Morgan fingerprint density at radius 1 is 1.13 bits per heavy atom. The number of fused-ring (bicyclic) bond motifs is 1. The highest BCUT2D eigenvalue weighted by atomic mass is 32.1. The van der Waals surface area contributed by atoms with Gasteiger partial charge in [0.15, 0.2) is 11.5 Å². The van der Waals surface area contributed by atoms with Crippen LogP contribution in [-0.2, 0) is 13.0 Å². The van der Waals surface area contributed by atoms with Crippen molar-refractivity contribution in [3.05, 3.63) is 82.1 Å². The molecule has 0 unspecified atom stereocenters. The SMILES string of the molecule is Cc1cc(C(=O)N2CCc3snc(-c4cccnc4)c3C2)nnc1N1CCC(Oc2cccc(C#N)c2)CC1. The highest BCUT2D eigenvalue weighted by molar-refractivity contribution is 7.06. The first-order valence-electron chi connectivity index (χ1n) is 13.0. The van der Waals surface area contributed by atoms with Crippen LogP contribution in [-0.4, -0.2) is 56.1 Å². The maximum absolute atomic E-state index is 13.4. The number of aryl methyl sites for hydroxylation is 1. The third kappa shape index (κ3) is 5.18. The number of rotatable bonds is 5. The fraction of sp³-hybridized carbons (Fsp3) is 0.310. The van der Waals surface area contributed by atoms with Crippen molar-refractivity contribution in [2.45, 2.75) is 38.8 Å². The molecule has 0 bridgehead atoms. The van der Waals surface area contributed by atoms with Crippen LogP contribution in [0, 0.1) is 18.3 Å². The molecule has 0 spiro atoms. The number of aromatic nitrogens is 4. The molecular formula is C29H27N7O2S. The van der Waals surface area contributed by atoms with Crippen LogP contribution in [0.2, 0.25) is 0 Å². The number of ether oxygens (including phenoxy) is 1. The minimum absolute atomic E-state index is 0.0801. The molecule has 2 aliphatic rings. The van der Waals surface area contributed by atoms with Gasteiger partial charge in [-0.2, -0.15) is 9.64 Å². The zero-order chi connectivity index (χ0) is 26.8. The van der Waals surface area contributed by atoms with E-state index in [4.69, 9.17) is 10.00 Å². The van der Waals surface area contributed by atoms with Crippen molar-refractivity contribution in [2.75, 3.05) is 24.5 Å². The molecule has 0 radical (unpaired) electrons. The van der Waals surface area contributed by atoms with Gasteiger partial charge in [0.1, 0.15) is 11.9 Å². The number of hydrogen-bond donors (Lipinski definition) is 0.